The molecule has 0 bridgehead atoms. The zero-order chi connectivity index (χ0) is 21.9. The summed E-state index contributed by atoms with van der Waals surface area (Å²) >= 11 is 0. The molecule has 0 spiro atoms. The van der Waals surface area contributed by atoms with Crippen LogP contribution >= 0.6 is 0 Å². The van der Waals surface area contributed by atoms with Crippen LogP contribution in [0.3, 0.4) is 0 Å². The maximum absolute atomic E-state index is 12.9. The van der Waals surface area contributed by atoms with Gasteiger partial charge >= 0.3 is 12.1 Å². The second-order valence-corrected chi connectivity index (χ2v) is 6.19. The highest BCUT2D eigenvalue weighted by molar-refractivity contribution is 5.92. The van der Waals surface area contributed by atoms with Gasteiger partial charge in [0, 0.05) is 12.2 Å². The number of hydrogen-bond acceptors (Lipinski definition) is 6. The van der Waals surface area contributed by atoms with Crippen molar-refractivity contribution in [2.45, 2.75) is 13.0 Å². The molecule has 0 aromatic heterocycles. The maximum atomic E-state index is 12.9. The van der Waals surface area contributed by atoms with Gasteiger partial charge < -0.3 is 14.8 Å². The SMILES string of the molecule is COC(=O)N(CC(=O)OCC#N)Cc1ccc(NC(=O)Cc2ccc(F)cc2)cc1. The van der Waals surface area contributed by atoms with E-state index in [0.29, 0.717) is 16.8 Å². The Bertz CT molecular complexity index is 923. The molecular weight excluding hydrogens is 393 g/mol. The number of rotatable bonds is 8. The number of esters is 1. The van der Waals surface area contributed by atoms with Gasteiger partial charge in [-0.25, -0.2) is 9.18 Å². The normalized spacial score (nSPS) is 9.90. The number of anilines is 1. The predicted octanol–water partition coefficient (Wildman–Crippen LogP) is 2.64. The Morgan fingerprint density at radius 2 is 1.70 bits per heavy atom. The third-order valence-corrected chi connectivity index (χ3v) is 3.94. The van der Waals surface area contributed by atoms with Gasteiger partial charge in [-0.15, -0.1) is 0 Å². The first kappa shape index (κ1) is 22.4. The van der Waals surface area contributed by atoms with E-state index in [1.54, 1.807) is 42.5 Å². The molecule has 0 radical (unpaired) electrons. The topological polar surface area (TPSA) is 109 Å². The molecule has 0 fully saturated rings. The summed E-state index contributed by atoms with van der Waals surface area (Å²) in [5.74, 6) is -1.36. The molecule has 9 heteroatoms. The van der Waals surface area contributed by atoms with Crippen molar-refractivity contribution >= 4 is 23.7 Å². The highest BCUT2D eigenvalue weighted by Gasteiger charge is 2.19. The average molecular weight is 413 g/mol. The van der Waals surface area contributed by atoms with Crippen LogP contribution in [0.5, 0.6) is 0 Å². The van der Waals surface area contributed by atoms with Crippen LogP contribution in [0.1, 0.15) is 11.1 Å². The fraction of sp³-hybridized carbons (Fsp3) is 0.238. The molecule has 2 aromatic carbocycles. The average Bonchev–Trinajstić information content (AvgIpc) is 2.74. The zero-order valence-electron chi connectivity index (χ0n) is 16.3. The second-order valence-electron chi connectivity index (χ2n) is 6.19. The first-order valence-corrected chi connectivity index (χ1v) is 8.90. The lowest BCUT2D eigenvalue weighted by molar-refractivity contribution is -0.143. The van der Waals surface area contributed by atoms with Crippen LogP contribution in [0, 0.1) is 17.1 Å². The summed E-state index contributed by atoms with van der Waals surface area (Å²) in [6.45, 7) is -0.706. The van der Waals surface area contributed by atoms with Gasteiger partial charge in [0.2, 0.25) is 5.91 Å². The third kappa shape index (κ3) is 7.24. The zero-order valence-corrected chi connectivity index (χ0v) is 16.3. The van der Waals surface area contributed by atoms with E-state index in [1.165, 1.54) is 19.2 Å². The molecule has 1 N–H and O–H groups in total. The van der Waals surface area contributed by atoms with Gasteiger partial charge in [-0.05, 0) is 35.4 Å². The molecule has 0 aliphatic heterocycles. The number of nitrogens with one attached hydrogen (secondary N) is 1. The number of nitrogens with zero attached hydrogens (tertiary/aromatic N) is 2. The molecule has 0 aliphatic rings. The second kappa shape index (κ2) is 11.2. The lowest BCUT2D eigenvalue weighted by Gasteiger charge is -2.20. The number of carbonyl (C=O) groups excluding carboxylic acids is 3. The van der Waals surface area contributed by atoms with Crippen LogP contribution in [-0.2, 0) is 32.0 Å². The van der Waals surface area contributed by atoms with Gasteiger partial charge in [-0.3, -0.25) is 14.5 Å². The maximum Gasteiger partial charge on any atom is 0.410 e. The van der Waals surface area contributed by atoms with E-state index in [2.05, 4.69) is 14.8 Å². The summed E-state index contributed by atoms with van der Waals surface area (Å²) in [5, 5.41) is 11.2. The van der Waals surface area contributed by atoms with Crippen LogP contribution in [0.15, 0.2) is 48.5 Å². The lowest BCUT2D eigenvalue weighted by atomic mass is 10.1. The number of ether oxygens (including phenoxy) is 2. The highest BCUT2D eigenvalue weighted by atomic mass is 19.1. The molecule has 2 rings (SSSR count). The van der Waals surface area contributed by atoms with E-state index in [-0.39, 0.29) is 31.2 Å². The molecule has 2 aromatic rings. The Morgan fingerprint density at radius 3 is 2.30 bits per heavy atom. The van der Waals surface area contributed by atoms with Gasteiger partial charge in [-0.1, -0.05) is 24.3 Å². The Morgan fingerprint density at radius 1 is 1.07 bits per heavy atom. The van der Waals surface area contributed by atoms with Crippen molar-refractivity contribution in [2.24, 2.45) is 0 Å². The molecular formula is C21H20FN3O5. The number of benzene rings is 2. The van der Waals surface area contributed by atoms with Gasteiger partial charge in [-0.2, -0.15) is 5.26 Å². The number of amides is 2. The fourth-order valence-corrected chi connectivity index (χ4v) is 2.54. The van der Waals surface area contributed by atoms with E-state index in [1.807, 2.05) is 0 Å². The van der Waals surface area contributed by atoms with Crippen molar-refractivity contribution < 1.29 is 28.2 Å². The van der Waals surface area contributed by atoms with Crippen LogP contribution in [0.2, 0.25) is 0 Å². The molecule has 0 saturated heterocycles. The number of halogens is 1. The molecule has 156 valence electrons. The Balaban J connectivity index is 1.94. The van der Waals surface area contributed by atoms with Gasteiger partial charge in [0.05, 0.1) is 13.5 Å². The van der Waals surface area contributed by atoms with Crippen LogP contribution in [0.4, 0.5) is 14.9 Å². The minimum absolute atomic E-state index is 0.0676. The Hall–Kier alpha value is -3.93. The first-order valence-electron chi connectivity index (χ1n) is 8.90. The molecule has 0 unspecified atom stereocenters. The Labute approximate surface area is 172 Å². The predicted molar refractivity (Wildman–Crippen MR) is 105 cm³/mol. The van der Waals surface area contributed by atoms with E-state index < -0.39 is 18.7 Å². The van der Waals surface area contributed by atoms with Crippen molar-refractivity contribution in [3.05, 3.63) is 65.5 Å². The molecule has 0 atom stereocenters. The third-order valence-electron chi connectivity index (χ3n) is 3.94. The van der Waals surface area contributed by atoms with Crippen molar-refractivity contribution in [1.29, 1.82) is 5.26 Å². The van der Waals surface area contributed by atoms with E-state index >= 15 is 0 Å². The van der Waals surface area contributed by atoms with Crippen LogP contribution in [-0.4, -0.2) is 43.1 Å². The molecule has 30 heavy (non-hydrogen) atoms. The van der Waals surface area contributed by atoms with Crippen molar-refractivity contribution in [3.63, 3.8) is 0 Å². The smallest absolute Gasteiger partial charge is 0.410 e. The molecule has 0 saturated carbocycles. The quantitative estimate of drug-likeness (QED) is 0.667. The first-order chi connectivity index (χ1) is 14.4. The van der Waals surface area contributed by atoms with Crippen molar-refractivity contribution in [1.82, 2.24) is 4.90 Å². The van der Waals surface area contributed by atoms with E-state index in [4.69, 9.17) is 5.26 Å². The summed E-state index contributed by atoms with van der Waals surface area (Å²) in [6.07, 6.45) is -0.622. The summed E-state index contributed by atoms with van der Waals surface area (Å²) in [7, 11) is 1.19. The number of nitriles is 1. The summed E-state index contributed by atoms with van der Waals surface area (Å²) < 4.78 is 22.2. The Kier molecular flexibility index (Phi) is 8.32. The van der Waals surface area contributed by atoms with Crippen molar-refractivity contribution in [2.75, 3.05) is 25.6 Å². The van der Waals surface area contributed by atoms with Gasteiger partial charge in [0.15, 0.2) is 6.61 Å². The molecule has 0 heterocycles. The minimum atomic E-state index is -0.730. The fourth-order valence-electron chi connectivity index (χ4n) is 2.54. The number of methoxy groups -OCH3 is 1. The van der Waals surface area contributed by atoms with E-state index in [9.17, 15) is 18.8 Å². The summed E-state index contributed by atoms with van der Waals surface area (Å²) in [4.78, 5) is 36.8. The van der Waals surface area contributed by atoms with Crippen LogP contribution < -0.4 is 5.32 Å². The summed E-state index contributed by atoms with van der Waals surface area (Å²) in [6, 6.07) is 14.0. The molecule has 2 amide bonds. The molecule has 8 nitrogen and oxygen atoms in total. The van der Waals surface area contributed by atoms with Crippen LogP contribution in [0.25, 0.3) is 0 Å². The largest absolute Gasteiger partial charge is 0.453 e. The standard InChI is InChI=1S/C21H20FN3O5/c1-29-21(28)25(14-20(27)30-11-10-23)13-16-4-8-18(9-5-16)24-19(26)12-15-2-6-17(22)7-3-15/h2-9H,11-14H2,1H3,(H,24,26). The highest BCUT2D eigenvalue weighted by Crippen LogP contribution is 2.13. The van der Waals surface area contributed by atoms with Gasteiger partial charge in [0.1, 0.15) is 18.4 Å². The minimum Gasteiger partial charge on any atom is -0.453 e. The van der Waals surface area contributed by atoms with E-state index in [0.717, 1.165) is 4.90 Å². The number of hydrogen-bond donors (Lipinski definition) is 1. The summed E-state index contributed by atoms with van der Waals surface area (Å²) in [5.41, 5.74) is 1.91. The number of carbonyl (C=O) groups is 3. The lowest BCUT2D eigenvalue weighted by Crippen LogP contribution is -2.36. The van der Waals surface area contributed by atoms with Crippen molar-refractivity contribution in [3.8, 4) is 6.07 Å². The van der Waals surface area contributed by atoms with Gasteiger partial charge in [0.25, 0.3) is 0 Å². The monoisotopic (exact) mass is 413 g/mol. The molecule has 0 aliphatic carbocycles.